The van der Waals surface area contributed by atoms with Crippen molar-refractivity contribution in [1.29, 1.82) is 0 Å². The lowest BCUT2D eigenvalue weighted by atomic mass is 10.1. The summed E-state index contributed by atoms with van der Waals surface area (Å²) < 4.78 is 0. The van der Waals surface area contributed by atoms with E-state index in [0.717, 1.165) is 18.7 Å². The Morgan fingerprint density at radius 2 is 2.06 bits per heavy atom. The van der Waals surface area contributed by atoms with Crippen molar-refractivity contribution in [3.63, 3.8) is 0 Å². The molecule has 2 nitrogen and oxygen atoms in total. The van der Waals surface area contributed by atoms with Crippen molar-refractivity contribution >= 4 is 17.4 Å². The lowest BCUT2D eigenvalue weighted by Crippen LogP contribution is -2.36. The van der Waals surface area contributed by atoms with E-state index in [0.29, 0.717) is 5.25 Å². The molecule has 0 bridgehead atoms. The second-order valence-electron chi connectivity index (χ2n) is 4.39. The number of nitrogens with zero attached hydrogens (tertiary/aromatic N) is 1. The molecule has 0 saturated carbocycles. The molecule has 0 aromatic heterocycles. The highest BCUT2D eigenvalue weighted by atomic mass is 32.2. The first-order chi connectivity index (χ1) is 7.66. The van der Waals surface area contributed by atoms with Gasteiger partial charge in [-0.05, 0) is 24.6 Å². The fourth-order valence-corrected chi connectivity index (χ4v) is 3.03. The van der Waals surface area contributed by atoms with Crippen molar-refractivity contribution in [3.05, 3.63) is 29.8 Å². The van der Waals surface area contributed by atoms with Crippen LogP contribution in [0.2, 0.25) is 0 Å². The standard InChI is InChI=1S/C13H19NOS/c1-10-9-14(7-8-16-10)13-5-3-12(4-6-13)11(2)15/h3-6,10-11,15H,7-9H2,1-2H3/t10?,11-/m1/s1. The minimum atomic E-state index is -0.370. The molecule has 3 heteroatoms. The summed E-state index contributed by atoms with van der Waals surface area (Å²) in [6.45, 7) is 6.33. The second kappa shape index (κ2) is 5.11. The van der Waals surface area contributed by atoms with Gasteiger partial charge in [0.25, 0.3) is 0 Å². The normalized spacial score (nSPS) is 23.2. The zero-order valence-corrected chi connectivity index (χ0v) is 10.7. The third-order valence-corrected chi connectivity index (χ3v) is 4.12. The Morgan fingerprint density at radius 1 is 1.38 bits per heavy atom. The van der Waals surface area contributed by atoms with Gasteiger partial charge < -0.3 is 10.0 Å². The number of hydrogen-bond acceptors (Lipinski definition) is 3. The zero-order valence-electron chi connectivity index (χ0n) is 9.89. The summed E-state index contributed by atoms with van der Waals surface area (Å²) in [5.74, 6) is 1.21. The number of rotatable bonds is 2. The molecule has 0 radical (unpaired) electrons. The molecule has 1 unspecified atom stereocenters. The van der Waals surface area contributed by atoms with Crippen LogP contribution in [0.1, 0.15) is 25.5 Å². The minimum Gasteiger partial charge on any atom is -0.389 e. The van der Waals surface area contributed by atoms with Gasteiger partial charge in [0.1, 0.15) is 0 Å². The van der Waals surface area contributed by atoms with Crippen LogP contribution in [0.25, 0.3) is 0 Å². The quantitative estimate of drug-likeness (QED) is 0.855. The zero-order chi connectivity index (χ0) is 11.5. The lowest BCUT2D eigenvalue weighted by molar-refractivity contribution is 0.199. The van der Waals surface area contributed by atoms with Gasteiger partial charge in [-0.15, -0.1) is 0 Å². The van der Waals surface area contributed by atoms with Crippen LogP contribution in [0.5, 0.6) is 0 Å². The Morgan fingerprint density at radius 3 is 2.62 bits per heavy atom. The number of aliphatic hydroxyl groups is 1. The van der Waals surface area contributed by atoms with Gasteiger partial charge in [0, 0.05) is 29.8 Å². The van der Waals surface area contributed by atoms with E-state index in [1.54, 1.807) is 6.92 Å². The highest BCUT2D eigenvalue weighted by Gasteiger charge is 2.16. The molecule has 1 heterocycles. The topological polar surface area (TPSA) is 23.5 Å². The van der Waals surface area contributed by atoms with E-state index in [2.05, 4.69) is 24.0 Å². The summed E-state index contributed by atoms with van der Waals surface area (Å²) in [4.78, 5) is 2.42. The fraction of sp³-hybridized carbons (Fsp3) is 0.538. The number of benzene rings is 1. The molecule has 1 N–H and O–H groups in total. The van der Waals surface area contributed by atoms with Crippen LogP contribution >= 0.6 is 11.8 Å². The van der Waals surface area contributed by atoms with Gasteiger partial charge in [0.05, 0.1) is 6.10 Å². The molecule has 1 saturated heterocycles. The number of hydrogen-bond donors (Lipinski definition) is 1. The molecule has 1 aromatic rings. The molecule has 16 heavy (non-hydrogen) atoms. The molecule has 0 amide bonds. The van der Waals surface area contributed by atoms with Crippen molar-refractivity contribution in [1.82, 2.24) is 0 Å². The lowest BCUT2D eigenvalue weighted by Gasteiger charge is -2.32. The van der Waals surface area contributed by atoms with Gasteiger partial charge in [0.2, 0.25) is 0 Å². The van der Waals surface area contributed by atoms with Crippen molar-refractivity contribution < 1.29 is 5.11 Å². The van der Waals surface area contributed by atoms with E-state index in [9.17, 15) is 5.11 Å². The molecule has 1 aliphatic rings. The van der Waals surface area contributed by atoms with Gasteiger partial charge in [-0.1, -0.05) is 19.1 Å². The maximum absolute atomic E-state index is 9.45. The number of anilines is 1. The monoisotopic (exact) mass is 237 g/mol. The van der Waals surface area contributed by atoms with E-state index in [4.69, 9.17) is 0 Å². The van der Waals surface area contributed by atoms with Crippen LogP contribution in [-0.2, 0) is 0 Å². The summed E-state index contributed by atoms with van der Waals surface area (Å²) in [7, 11) is 0. The Bertz CT molecular complexity index is 336. The molecule has 0 spiro atoms. The van der Waals surface area contributed by atoms with Crippen LogP contribution < -0.4 is 4.90 Å². The molecule has 1 aromatic carbocycles. The van der Waals surface area contributed by atoms with Gasteiger partial charge >= 0.3 is 0 Å². The van der Waals surface area contributed by atoms with E-state index < -0.39 is 0 Å². The molecule has 88 valence electrons. The van der Waals surface area contributed by atoms with E-state index >= 15 is 0 Å². The summed E-state index contributed by atoms with van der Waals surface area (Å²) in [6, 6.07) is 8.27. The highest BCUT2D eigenvalue weighted by molar-refractivity contribution is 8.00. The van der Waals surface area contributed by atoms with Crippen LogP contribution in [0.3, 0.4) is 0 Å². The smallest absolute Gasteiger partial charge is 0.0761 e. The molecule has 1 aliphatic heterocycles. The van der Waals surface area contributed by atoms with Crippen LogP contribution in [0.15, 0.2) is 24.3 Å². The first kappa shape index (κ1) is 11.8. The average molecular weight is 237 g/mol. The largest absolute Gasteiger partial charge is 0.389 e. The molecule has 0 aliphatic carbocycles. The first-order valence-corrected chi connectivity index (χ1v) is 6.86. The Hall–Kier alpha value is -0.670. The van der Waals surface area contributed by atoms with E-state index in [1.807, 2.05) is 23.9 Å². The van der Waals surface area contributed by atoms with Crippen molar-refractivity contribution in [2.24, 2.45) is 0 Å². The third-order valence-electron chi connectivity index (χ3n) is 2.98. The van der Waals surface area contributed by atoms with E-state index in [1.165, 1.54) is 11.4 Å². The Labute approximate surface area is 102 Å². The van der Waals surface area contributed by atoms with Crippen molar-refractivity contribution in [2.75, 3.05) is 23.7 Å². The summed E-state index contributed by atoms with van der Waals surface area (Å²) in [6.07, 6.45) is -0.370. The molecule has 2 atom stereocenters. The first-order valence-electron chi connectivity index (χ1n) is 5.81. The van der Waals surface area contributed by atoms with Crippen molar-refractivity contribution in [2.45, 2.75) is 25.2 Å². The molecule has 1 fully saturated rings. The summed E-state index contributed by atoms with van der Waals surface area (Å²) in [5.41, 5.74) is 2.26. The van der Waals surface area contributed by atoms with Crippen molar-refractivity contribution in [3.8, 4) is 0 Å². The second-order valence-corrected chi connectivity index (χ2v) is 5.94. The van der Waals surface area contributed by atoms with Gasteiger partial charge in [-0.3, -0.25) is 0 Å². The van der Waals surface area contributed by atoms with Crippen LogP contribution in [0, 0.1) is 0 Å². The van der Waals surface area contributed by atoms with E-state index in [-0.39, 0.29) is 6.10 Å². The van der Waals surface area contributed by atoms with Gasteiger partial charge in [-0.25, -0.2) is 0 Å². The van der Waals surface area contributed by atoms with Crippen LogP contribution in [-0.4, -0.2) is 29.2 Å². The Kier molecular flexibility index (Phi) is 3.77. The van der Waals surface area contributed by atoms with Crippen LogP contribution in [0.4, 0.5) is 5.69 Å². The SMILES string of the molecule is CC1CN(c2ccc([C@@H](C)O)cc2)CCS1. The maximum atomic E-state index is 9.45. The molecular formula is C13H19NOS. The highest BCUT2D eigenvalue weighted by Crippen LogP contribution is 2.25. The van der Waals surface area contributed by atoms with Gasteiger partial charge in [-0.2, -0.15) is 11.8 Å². The summed E-state index contributed by atoms with van der Waals surface area (Å²) >= 11 is 2.04. The number of thioether (sulfide) groups is 1. The third kappa shape index (κ3) is 2.71. The predicted molar refractivity (Wildman–Crippen MR) is 71.2 cm³/mol. The number of aliphatic hydroxyl groups excluding tert-OH is 1. The summed E-state index contributed by atoms with van der Waals surface area (Å²) in [5, 5.41) is 10.2. The maximum Gasteiger partial charge on any atom is 0.0761 e. The average Bonchev–Trinajstić information content (AvgIpc) is 2.29. The fourth-order valence-electron chi connectivity index (χ4n) is 2.02. The minimum absolute atomic E-state index is 0.370. The molecule has 2 rings (SSSR count). The predicted octanol–water partition coefficient (Wildman–Crippen LogP) is 2.68. The molecular weight excluding hydrogens is 218 g/mol. The van der Waals surface area contributed by atoms with Gasteiger partial charge in [0.15, 0.2) is 0 Å². The Balaban J connectivity index is 2.09.